The Morgan fingerprint density at radius 1 is 1.29 bits per heavy atom. The molecule has 0 spiro atoms. The summed E-state index contributed by atoms with van der Waals surface area (Å²) in [5, 5.41) is 6.79. The van der Waals surface area contributed by atoms with Crippen molar-refractivity contribution in [3.05, 3.63) is 72.6 Å². The molecule has 0 aliphatic heterocycles. The summed E-state index contributed by atoms with van der Waals surface area (Å²) in [6.07, 6.45) is 6.89. The lowest BCUT2D eigenvalue weighted by Crippen LogP contribution is -2.30. The van der Waals surface area contributed by atoms with Crippen molar-refractivity contribution in [1.29, 1.82) is 0 Å². The van der Waals surface area contributed by atoms with Gasteiger partial charge in [-0.05, 0) is 30.7 Å². The highest BCUT2D eigenvalue weighted by Gasteiger charge is 2.08. The van der Waals surface area contributed by atoms with Crippen molar-refractivity contribution in [2.75, 3.05) is 19.6 Å². The van der Waals surface area contributed by atoms with E-state index >= 15 is 0 Å². The first-order valence-corrected chi connectivity index (χ1v) is 7.41. The van der Waals surface area contributed by atoms with Gasteiger partial charge in [0.2, 0.25) is 0 Å². The molecular weight excluding hydrogens is 263 g/mol. The van der Waals surface area contributed by atoms with Crippen molar-refractivity contribution < 1.29 is 4.39 Å². The van der Waals surface area contributed by atoms with Gasteiger partial charge < -0.3 is 10.6 Å². The molecule has 0 amide bonds. The maximum Gasteiger partial charge on any atom is 0.122 e. The molecular formula is C18H25FN2. The van der Waals surface area contributed by atoms with Gasteiger partial charge >= 0.3 is 0 Å². The normalized spacial score (nSPS) is 13.5. The van der Waals surface area contributed by atoms with Crippen molar-refractivity contribution in [3.8, 4) is 0 Å². The van der Waals surface area contributed by atoms with Gasteiger partial charge in [-0.2, -0.15) is 0 Å². The number of hydrogen-bond acceptors (Lipinski definition) is 2. The number of rotatable bonds is 10. The summed E-state index contributed by atoms with van der Waals surface area (Å²) in [7, 11) is 0. The Kier molecular flexibility index (Phi) is 9.09. The minimum atomic E-state index is -0.274. The summed E-state index contributed by atoms with van der Waals surface area (Å²) in [5.41, 5.74) is 1.21. The standard InChI is InChI=1S/C18H25FN2/c1-3-9-17(19)12-8-13-18(21-15-14-20-4-2)16-10-6-5-7-11-16/h3,5-12,18,20-21H,1,4,13-15H2,2H3/b12-8-,17-9+. The highest BCUT2D eigenvalue weighted by atomic mass is 19.1. The molecule has 0 heterocycles. The Labute approximate surface area is 127 Å². The zero-order valence-electron chi connectivity index (χ0n) is 12.7. The van der Waals surface area contributed by atoms with E-state index in [0.29, 0.717) is 0 Å². The molecule has 114 valence electrons. The SMILES string of the molecule is C=C/C=C(F)\C=C/CC(NCCNCC)c1ccccc1. The van der Waals surface area contributed by atoms with E-state index in [-0.39, 0.29) is 11.9 Å². The molecule has 21 heavy (non-hydrogen) atoms. The molecule has 1 unspecified atom stereocenters. The van der Waals surface area contributed by atoms with Crippen LogP contribution in [0.15, 0.2) is 67.0 Å². The van der Waals surface area contributed by atoms with E-state index < -0.39 is 0 Å². The quantitative estimate of drug-likeness (QED) is 0.504. The molecule has 0 aliphatic rings. The predicted molar refractivity (Wildman–Crippen MR) is 88.9 cm³/mol. The first-order valence-electron chi connectivity index (χ1n) is 7.41. The smallest absolute Gasteiger partial charge is 0.122 e. The Bertz CT molecular complexity index is 452. The molecule has 0 radical (unpaired) electrons. The highest BCUT2D eigenvalue weighted by Crippen LogP contribution is 2.17. The van der Waals surface area contributed by atoms with Crippen LogP contribution < -0.4 is 10.6 Å². The van der Waals surface area contributed by atoms with Crippen molar-refractivity contribution in [2.45, 2.75) is 19.4 Å². The number of nitrogens with one attached hydrogen (secondary N) is 2. The second-order valence-corrected chi connectivity index (χ2v) is 4.70. The van der Waals surface area contributed by atoms with Gasteiger partial charge in [-0.1, -0.05) is 56.0 Å². The average Bonchev–Trinajstić information content (AvgIpc) is 2.51. The lowest BCUT2D eigenvalue weighted by Gasteiger charge is -2.18. The molecule has 1 atom stereocenters. The highest BCUT2D eigenvalue weighted by molar-refractivity contribution is 5.21. The van der Waals surface area contributed by atoms with Crippen molar-refractivity contribution in [1.82, 2.24) is 10.6 Å². The van der Waals surface area contributed by atoms with Crippen LogP contribution in [0.3, 0.4) is 0 Å². The molecule has 1 aromatic rings. The van der Waals surface area contributed by atoms with Crippen LogP contribution in [0.1, 0.15) is 24.9 Å². The van der Waals surface area contributed by atoms with E-state index in [2.05, 4.69) is 36.3 Å². The molecule has 0 aromatic heterocycles. The fraction of sp³-hybridized carbons (Fsp3) is 0.333. The molecule has 0 saturated carbocycles. The summed E-state index contributed by atoms with van der Waals surface area (Å²) in [5.74, 6) is -0.274. The van der Waals surface area contributed by atoms with Gasteiger partial charge in [-0.3, -0.25) is 0 Å². The third kappa shape index (κ3) is 7.59. The van der Waals surface area contributed by atoms with Crippen LogP contribution in [0.25, 0.3) is 0 Å². The fourth-order valence-electron chi connectivity index (χ4n) is 2.02. The molecule has 0 bridgehead atoms. The number of halogens is 1. The molecule has 2 nitrogen and oxygen atoms in total. The van der Waals surface area contributed by atoms with Crippen molar-refractivity contribution in [3.63, 3.8) is 0 Å². The maximum atomic E-state index is 13.3. The zero-order valence-corrected chi connectivity index (χ0v) is 12.7. The average molecular weight is 288 g/mol. The van der Waals surface area contributed by atoms with Crippen LogP contribution in [0.2, 0.25) is 0 Å². The van der Waals surface area contributed by atoms with E-state index in [1.807, 2.05) is 24.3 Å². The second kappa shape index (κ2) is 11.0. The number of likely N-dealkylation sites (N-methyl/N-ethyl adjacent to an activating group) is 1. The Morgan fingerprint density at radius 3 is 2.71 bits per heavy atom. The molecule has 0 aliphatic carbocycles. The van der Waals surface area contributed by atoms with Crippen molar-refractivity contribution >= 4 is 0 Å². The van der Waals surface area contributed by atoms with Gasteiger partial charge in [-0.15, -0.1) is 0 Å². The largest absolute Gasteiger partial charge is 0.316 e. The van der Waals surface area contributed by atoms with Gasteiger partial charge in [0.1, 0.15) is 5.83 Å². The number of hydrogen-bond donors (Lipinski definition) is 2. The Balaban J connectivity index is 2.60. The summed E-state index contributed by atoms with van der Waals surface area (Å²) in [6, 6.07) is 10.4. The van der Waals surface area contributed by atoms with Gasteiger partial charge in [0.15, 0.2) is 0 Å². The minimum absolute atomic E-state index is 0.192. The topological polar surface area (TPSA) is 24.1 Å². The molecule has 2 N–H and O–H groups in total. The second-order valence-electron chi connectivity index (χ2n) is 4.70. The summed E-state index contributed by atoms with van der Waals surface area (Å²) in [4.78, 5) is 0. The number of benzene rings is 1. The van der Waals surface area contributed by atoms with Crippen LogP contribution in [-0.2, 0) is 0 Å². The van der Waals surface area contributed by atoms with E-state index in [4.69, 9.17) is 0 Å². The van der Waals surface area contributed by atoms with Crippen LogP contribution in [0.5, 0.6) is 0 Å². The monoisotopic (exact) mass is 288 g/mol. The van der Waals surface area contributed by atoms with Crippen LogP contribution >= 0.6 is 0 Å². The summed E-state index contributed by atoms with van der Waals surface area (Å²) >= 11 is 0. The summed E-state index contributed by atoms with van der Waals surface area (Å²) < 4.78 is 13.3. The van der Waals surface area contributed by atoms with E-state index in [0.717, 1.165) is 26.1 Å². The van der Waals surface area contributed by atoms with Gasteiger partial charge in [0.25, 0.3) is 0 Å². The molecule has 0 saturated heterocycles. The minimum Gasteiger partial charge on any atom is -0.316 e. The van der Waals surface area contributed by atoms with Gasteiger partial charge in [0.05, 0.1) is 0 Å². The first kappa shape index (κ1) is 17.3. The van der Waals surface area contributed by atoms with Gasteiger partial charge in [0, 0.05) is 19.1 Å². The molecule has 1 aromatic carbocycles. The lowest BCUT2D eigenvalue weighted by molar-refractivity contribution is 0.523. The third-order valence-electron chi connectivity index (χ3n) is 3.07. The van der Waals surface area contributed by atoms with E-state index in [9.17, 15) is 4.39 Å². The van der Waals surface area contributed by atoms with Crippen LogP contribution in [0.4, 0.5) is 4.39 Å². The third-order valence-corrected chi connectivity index (χ3v) is 3.07. The molecule has 3 heteroatoms. The predicted octanol–water partition coefficient (Wildman–Crippen LogP) is 3.91. The van der Waals surface area contributed by atoms with Crippen molar-refractivity contribution in [2.24, 2.45) is 0 Å². The maximum absolute atomic E-state index is 13.3. The summed E-state index contributed by atoms with van der Waals surface area (Å²) in [6.45, 7) is 8.34. The molecule has 1 rings (SSSR count). The Morgan fingerprint density at radius 2 is 2.05 bits per heavy atom. The Hall–Kier alpha value is -1.71. The lowest BCUT2D eigenvalue weighted by atomic mass is 10.0. The zero-order chi connectivity index (χ0) is 15.3. The van der Waals surface area contributed by atoms with Gasteiger partial charge in [-0.25, -0.2) is 4.39 Å². The first-order chi connectivity index (χ1) is 10.3. The van der Waals surface area contributed by atoms with E-state index in [1.165, 1.54) is 23.8 Å². The van der Waals surface area contributed by atoms with Crippen LogP contribution in [-0.4, -0.2) is 19.6 Å². The molecule has 0 fully saturated rings. The fourth-order valence-corrected chi connectivity index (χ4v) is 2.02. The van der Waals surface area contributed by atoms with Crippen LogP contribution in [0, 0.1) is 0 Å². The number of allylic oxidation sites excluding steroid dienone is 4. The van der Waals surface area contributed by atoms with E-state index in [1.54, 1.807) is 0 Å².